The second kappa shape index (κ2) is 3.45. The number of carbonyl (C=O) groups is 1. The van der Waals surface area contributed by atoms with Crippen molar-refractivity contribution < 1.29 is 14.7 Å². The van der Waals surface area contributed by atoms with E-state index in [1.165, 1.54) is 16.4 Å². The second-order valence-electron chi connectivity index (χ2n) is 2.83. The van der Waals surface area contributed by atoms with Gasteiger partial charge in [0.1, 0.15) is 12.7 Å². The first kappa shape index (κ1) is 8.68. The predicted molar refractivity (Wildman–Crippen MR) is 47.3 cm³/mol. The Bertz CT molecular complexity index is 298. The van der Waals surface area contributed by atoms with Crippen LogP contribution in [0.5, 0.6) is 0 Å². The van der Waals surface area contributed by atoms with E-state index < -0.39 is 6.10 Å². The number of nitrogens with zero attached hydrogens (tertiary/aromatic N) is 1. The van der Waals surface area contributed by atoms with Crippen LogP contribution in [0.1, 0.15) is 10.4 Å². The molecule has 1 N–H and O–H groups in total. The van der Waals surface area contributed by atoms with Crippen molar-refractivity contribution >= 4 is 17.2 Å². The van der Waals surface area contributed by atoms with Gasteiger partial charge in [0.25, 0.3) is 5.91 Å². The Morgan fingerprint density at radius 2 is 2.62 bits per heavy atom. The van der Waals surface area contributed by atoms with Crippen LogP contribution in [-0.2, 0) is 4.84 Å². The van der Waals surface area contributed by atoms with E-state index in [1.807, 2.05) is 5.38 Å². The summed E-state index contributed by atoms with van der Waals surface area (Å²) in [6, 6.07) is 1.74. The molecule has 2 heterocycles. The average Bonchev–Trinajstić information content (AvgIpc) is 2.72. The first-order valence-electron chi connectivity index (χ1n) is 3.92. The van der Waals surface area contributed by atoms with Crippen LogP contribution in [0.15, 0.2) is 16.8 Å². The monoisotopic (exact) mass is 199 g/mol. The van der Waals surface area contributed by atoms with Gasteiger partial charge in [-0.1, -0.05) is 0 Å². The highest BCUT2D eigenvalue weighted by atomic mass is 32.1. The van der Waals surface area contributed by atoms with E-state index in [0.29, 0.717) is 5.56 Å². The summed E-state index contributed by atoms with van der Waals surface area (Å²) in [5.41, 5.74) is 0.610. The molecule has 1 atom stereocenters. The van der Waals surface area contributed by atoms with Crippen LogP contribution in [0.2, 0.25) is 0 Å². The molecule has 1 aliphatic heterocycles. The summed E-state index contributed by atoms with van der Waals surface area (Å²) in [6.07, 6.45) is -0.553. The van der Waals surface area contributed by atoms with Gasteiger partial charge in [-0.25, -0.2) is 5.06 Å². The van der Waals surface area contributed by atoms with Gasteiger partial charge in [-0.15, -0.1) is 0 Å². The maximum atomic E-state index is 11.6. The molecule has 1 unspecified atom stereocenters. The van der Waals surface area contributed by atoms with E-state index in [4.69, 9.17) is 9.94 Å². The van der Waals surface area contributed by atoms with Crippen molar-refractivity contribution in [1.82, 2.24) is 5.06 Å². The minimum Gasteiger partial charge on any atom is -0.389 e. The minimum absolute atomic E-state index is 0.183. The Kier molecular flexibility index (Phi) is 2.30. The summed E-state index contributed by atoms with van der Waals surface area (Å²) >= 11 is 1.46. The van der Waals surface area contributed by atoms with E-state index in [9.17, 15) is 4.79 Å². The molecule has 0 radical (unpaired) electrons. The zero-order valence-electron chi connectivity index (χ0n) is 6.84. The Hall–Kier alpha value is -0.910. The molecule has 1 fully saturated rings. The normalized spacial score (nSPS) is 22.2. The third-order valence-electron chi connectivity index (χ3n) is 1.79. The first-order chi connectivity index (χ1) is 6.27. The molecule has 1 aromatic heterocycles. The molecule has 0 bridgehead atoms. The maximum Gasteiger partial charge on any atom is 0.278 e. The van der Waals surface area contributed by atoms with Gasteiger partial charge in [-0.2, -0.15) is 11.3 Å². The standard InChI is InChI=1S/C8H9NO3S/c10-7-3-9(12-4-7)8(11)6-1-2-13-5-6/h1-2,5,7,10H,3-4H2. The molecule has 1 amide bonds. The lowest BCUT2D eigenvalue weighted by Crippen LogP contribution is -2.28. The predicted octanol–water partition coefficient (Wildman–Crippen LogP) is 0.496. The molecule has 13 heavy (non-hydrogen) atoms. The third kappa shape index (κ3) is 1.72. The van der Waals surface area contributed by atoms with Crippen molar-refractivity contribution in [1.29, 1.82) is 0 Å². The minimum atomic E-state index is -0.553. The Morgan fingerprint density at radius 3 is 3.15 bits per heavy atom. The molecule has 1 aromatic rings. The highest BCUT2D eigenvalue weighted by Crippen LogP contribution is 2.13. The fraction of sp³-hybridized carbons (Fsp3) is 0.375. The van der Waals surface area contributed by atoms with Crippen LogP contribution in [-0.4, -0.2) is 35.3 Å². The molecular weight excluding hydrogens is 190 g/mol. The lowest BCUT2D eigenvalue weighted by molar-refractivity contribution is -0.0779. The molecule has 4 nitrogen and oxygen atoms in total. The van der Waals surface area contributed by atoms with Crippen LogP contribution in [0.4, 0.5) is 0 Å². The topological polar surface area (TPSA) is 49.8 Å². The number of aliphatic hydroxyl groups excluding tert-OH is 1. The third-order valence-corrected chi connectivity index (χ3v) is 2.48. The number of β-amino-alcohol motifs (C(OH)–C–C–N with tert-alkyl or cyclic N) is 1. The van der Waals surface area contributed by atoms with Gasteiger partial charge >= 0.3 is 0 Å². The van der Waals surface area contributed by atoms with Gasteiger partial charge in [0.2, 0.25) is 0 Å². The van der Waals surface area contributed by atoms with Gasteiger partial charge in [0.15, 0.2) is 0 Å². The molecule has 1 aliphatic rings. The summed E-state index contributed by atoms with van der Waals surface area (Å²) in [5, 5.41) is 13.9. The summed E-state index contributed by atoms with van der Waals surface area (Å²) in [4.78, 5) is 16.5. The molecule has 0 spiro atoms. The van der Waals surface area contributed by atoms with Crippen LogP contribution >= 0.6 is 11.3 Å². The summed E-state index contributed by atoms with van der Waals surface area (Å²) in [5.74, 6) is -0.183. The zero-order valence-corrected chi connectivity index (χ0v) is 7.66. The molecule has 5 heteroatoms. The number of rotatable bonds is 1. The van der Waals surface area contributed by atoms with E-state index >= 15 is 0 Å². The number of hydrogen-bond acceptors (Lipinski definition) is 4. The molecule has 0 aromatic carbocycles. The van der Waals surface area contributed by atoms with Crippen molar-refractivity contribution in [3.63, 3.8) is 0 Å². The summed E-state index contributed by atoms with van der Waals surface area (Å²) in [6.45, 7) is 0.463. The Balaban J connectivity index is 2.06. The molecule has 1 saturated heterocycles. The lowest BCUT2D eigenvalue weighted by Gasteiger charge is -2.11. The molecule has 0 aliphatic carbocycles. The van der Waals surface area contributed by atoms with Crippen molar-refractivity contribution in [2.24, 2.45) is 0 Å². The van der Waals surface area contributed by atoms with E-state index in [2.05, 4.69) is 0 Å². The number of carbonyl (C=O) groups excluding carboxylic acids is 1. The zero-order chi connectivity index (χ0) is 9.26. The van der Waals surface area contributed by atoms with E-state index in [-0.39, 0.29) is 19.1 Å². The Labute approximate surface area is 79.3 Å². The molecule has 0 saturated carbocycles. The highest BCUT2D eigenvalue weighted by Gasteiger charge is 2.26. The molecular formula is C8H9NO3S. The van der Waals surface area contributed by atoms with Gasteiger partial charge in [0.05, 0.1) is 12.1 Å². The van der Waals surface area contributed by atoms with Crippen molar-refractivity contribution in [2.75, 3.05) is 13.2 Å². The lowest BCUT2D eigenvalue weighted by atomic mass is 10.3. The van der Waals surface area contributed by atoms with Crippen molar-refractivity contribution in [3.8, 4) is 0 Å². The van der Waals surface area contributed by atoms with E-state index in [0.717, 1.165) is 0 Å². The number of thiophene rings is 1. The number of amides is 1. The van der Waals surface area contributed by atoms with Crippen LogP contribution in [0, 0.1) is 0 Å². The van der Waals surface area contributed by atoms with Gasteiger partial charge in [0, 0.05) is 5.38 Å². The quantitative estimate of drug-likeness (QED) is 0.716. The summed E-state index contributed by atoms with van der Waals surface area (Å²) in [7, 11) is 0. The average molecular weight is 199 g/mol. The van der Waals surface area contributed by atoms with Crippen LogP contribution in [0.3, 0.4) is 0 Å². The largest absolute Gasteiger partial charge is 0.389 e. The maximum absolute atomic E-state index is 11.6. The van der Waals surface area contributed by atoms with Gasteiger partial charge in [-0.05, 0) is 11.4 Å². The van der Waals surface area contributed by atoms with Gasteiger partial charge < -0.3 is 5.11 Å². The Morgan fingerprint density at radius 1 is 1.77 bits per heavy atom. The smallest absolute Gasteiger partial charge is 0.278 e. The second-order valence-corrected chi connectivity index (χ2v) is 3.61. The van der Waals surface area contributed by atoms with Crippen LogP contribution < -0.4 is 0 Å². The van der Waals surface area contributed by atoms with Crippen LogP contribution in [0.25, 0.3) is 0 Å². The number of hydroxylamine groups is 2. The SMILES string of the molecule is O=C(c1ccsc1)N1CC(O)CO1. The fourth-order valence-corrected chi connectivity index (χ4v) is 1.77. The van der Waals surface area contributed by atoms with E-state index in [1.54, 1.807) is 11.4 Å². The summed E-state index contributed by atoms with van der Waals surface area (Å²) < 4.78 is 0. The fourth-order valence-electron chi connectivity index (χ4n) is 1.14. The molecule has 2 rings (SSSR count). The first-order valence-corrected chi connectivity index (χ1v) is 4.86. The number of hydrogen-bond donors (Lipinski definition) is 1. The number of aliphatic hydroxyl groups is 1. The highest BCUT2D eigenvalue weighted by molar-refractivity contribution is 7.08. The van der Waals surface area contributed by atoms with Crippen molar-refractivity contribution in [2.45, 2.75) is 6.10 Å². The van der Waals surface area contributed by atoms with Crippen molar-refractivity contribution in [3.05, 3.63) is 22.4 Å². The van der Waals surface area contributed by atoms with Gasteiger partial charge in [-0.3, -0.25) is 9.63 Å². The molecule has 70 valence electrons.